The fourth-order valence-electron chi connectivity index (χ4n) is 2.72. The Morgan fingerprint density at radius 1 is 1.38 bits per heavy atom. The fraction of sp³-hybridized carbons (Fsp3) is 0.600. The molecule has 0 atom stereocenters. The molecule has 3 heterocycles. The lowest BCUT2D eigenvalue weighted by Crippen LogP contribution is -2.33. The lowest BCUT2D eigenvalue weighted by molar-refractivity contribution is -0.141. The molecule has 2 aromatic rings. The maximum Gasteiger partial charge on any atom is 0.435 e. The first-order valence-corrected chi connectivity index (χ1v) is 8.21. The number of nitrogens with one attached hydrogen (secondary N) is 1. The Kier molecular flexibility index (Phi) is 4.88. The van der Waals surface area contributed by atoms with Crippen LogP contribution in [-0.2, 0) is 19.8 Å². The van der Waals surface area contributed by atoms with Crippen LogP contribution in [0.4, 0.5) is 19.1 Å². The van der Waals surface area contributed by atoms with E-state index in [1.165, 1.54) is 7.05 Å². The summed E-state index contributed by atoms with van der Waals surface area (Å²) in [6.07, 6.45) is -2.52. The Labute approximate surface area is 147 Å². The second-order valence-electron chi connectivity index (χ2n) is 6.38. The average Bonchev–Trinajstić information content (AvgIpc) is 3.20. The van der Waals surface area contributed by atoms with Crippen LogP contribution in [-0.4, -0.2) is 38.9 Å². The fourth-order valence-corrected chi connectivity index (χ4v) is 2.72. The Hall–Kier alpha value is -2.59. The third-order valence-electron chi connectivity index (χ3n) is 4.33. The molecule has 1 aliphatic heterocycles. The van der Waals surface area contributed by atoms with Gasteiger partial charge in [-0.1, -0.05) is 6.92 Å². The molecule has 11 heteroatoms. The Morgan fingerprint density at radius 3 is 2.69 bits per heavy atom. The van der Waals surface area contributed by atoms with Crippen LogP contribution < -0.4 is 10.2 Å². The first kappa shape index (κ1) is 18.2. The average molecular weight is 372 g/mol. The highest BCUT2D eigenvalue weighted by molar-refractivity contribution is 5.92. The van der Waals surface area contributed by atoms with Gasteiger partial charge in [0.1, 0.15) is 5.69 Å². The summed E-state index contributed by atoms with van der Waals surface area (Å²) in [6, 6.07) is 0.698. The summed E-state index contributed by atoms with van der Waals surface area (Å²) < 4.78 is 43.9. The molecular weight excluding hydrogens is 353 g/mol. The van der Waals surface area contributed by atoms with Crippen LogP contribution in [0.25, 0.3) is 0 Å². The van der Waals surface area contributed by atoms with Gasteiger partial charge in [0.15, 0.2) is 5.69 Å². The van der Waals surface area contributed by atoms with Crippen molar-refractivity contribution in [2.45, 2.75) is 32.5 Å². The topological polar surface area (TPSA) is 89.1 Å². The highest BCUT2D eigenvalue weighted by Gasteiger charge is 2.35. The van der Waals surface area contributed by atoms with Crippen LogP contribution in [0, 0.1) is 5.92 Å². The maximum absolute atomic E-state index is 12.7. The van der Waals surface area contributed by atoms with Crippen LogP contribution in [0.2, 0.25) is 0 Å². The zero-order valence-corrected chi connectivity index (χ0v) is 14.4. The lowest BCUT2D eigenvalue weighted by atomic mass is 10.00. The molecule has 0 aliphatic carbocycles. The molecule has 0 radical (unpaired) electrons. The van der Waals surface area contributed by atoms with Crippen molar-refractivity contribution in [2.24, 2.45) is 13.0 Å². The third kappa shape index (κ3) is 3.97. The molecule has 0 aromatic carbocycles. The molecule has 1 amide bonds. The summed E-state index contributed by atoms with van der Waals surface area (Å²) in [4.78, 5) is 18.3. The van der Waals surface area contributed by atoms with E-state index in [4.69, 9.17) is 4.52 Å². The van der Waals surface area contributed by atoms with E-state index < -0.39 is 17.8 Å². The third-order valence-corrected chi connectivity index (χ3v) is 4.33. The molecule has 1 N–H and O–H groups in total. The SMILES string of the molecule is CC1CCN(c2noc(CNC(=O)c3cc(C(F)(F)F)nn3C)n2)CC1. The number of aromatic nitrogens is 4. The van der Waals surface area contributed by atoms with Gasteiger partial charge in [0.2, 0.25) is 5.89 Å². The van der Waals surface area contributed by atoms with Crippen LogP contribution >= 0.6 is 0 Å². The molecule has 1 fully saturated rings. The zero-order chi connectivity index (χ0) is 18.9. The second-order valence-corrected chi connectivity index (χ2v) is 6.38. The Bertz CT molecular complexity index is 777. The molecular formula is C15H19F3N6O2. The lowest BCUT2D eigenvalue weighted by Gasteiger charge is -2.28. The van der Waals surface area contributed by atoms with E-state index >= 15 is 0 Å². The summed E-state index contributed by atoms with van der Waals surface area (Å²) in [5.41, 5.74) is -1.33. The quantitative estimate of drug-likeness (QED) is 0.883. The number of carbonyl (C=O) groups excluding carboxylic acids is 1. The number of hydrogen-bond acceptors (Lipinski definition) is 6. The summed E-state index contributed by atoms with van der Waals surface area (Å²) in [7, 11) is 1.27. The maximum atomic E-state index is 12.7. The highest BCUT2D eigenvalue weighted by Crippen LogP contribution is 2.28. The number of alkyl halides is 3. The summed E-state index contributed by atoms with van der Waals surface area (Å²) in [6.45, 7) is 3.78. The monoisotopic (exact) mass is 372 g/mol. The highest BCUT2D eigenvalue weighted by atomic mass is 19.4. The minimum atomic E-state index is -4.61. The standard InChI is InChI=1S/C15H19F3N6O2/c1-9-3-5-24(6-4-9)14-20-12(26-22-14)8-19-13(25)10-7-11(15(16,17)18)21-23(10)2/h7,9H,3-6,8H2,1-2H3,(H,19,25). The molecule has 0 saturated carbocycles. The number of halogens is 3. The van der Waals surface area contributed by atoms with Crippen LogP contribution in [0.3, 0.4) is 0 Å². The number of carbonyl (C=O) groups is 1. The van der Waals surface area contributed by atoms with Crippen molar-refractivity contribution >= 4 is 11.9 Å². The van der Waals surface area contributed by atoms with E-state index in [1.807, 2.05) is 4.90 Å². The Morgan fingerprint density at radius 2 is 2.08 bits per heavy atom. The normalized spacial score (nSPS) is 16.1. The van der Waals surface area contributed by atoms with E-state index in [-0.39, 0.29) is 18.1 Å². The minimum Gasteiger partial charge on any atom is -0.342 e. The largest absolute Gasteiger partial charge is 0.435 e. The predicted molar refractivity (Wildman–Crippen MR) is 84.3 cm³/mol. The van der Waals surface area contributed by atoms with Gasteiger partial charge >= 0.3 is 6.18 Å². The van der Waals surface area contributed by atoms with E-state index in [9.17, 15) is 18.0 Å². The van der Waals surface area contributed by atoms with Crippen LogP contribution in [0.1, 0.15) is 41.8 Å². The number of nitrogens with zero attached hydrogens (tertiary/aromatic N) is 5. The summed E-state index contributed by atoms with van der Waals surface area (Å²) in [5, 5.41) is 9.66. The van der Waals surface area contributed by atoms with Gasteiger partial charge in [-0.15, -0.1) is 0 Å². The van der Waals surface area contributed by atoms with E-state index in [0.717, 1.165) is 30.6 Å². The van der Waals surface area contributed by atoms with Gasteiger partial charge in [0.25, 0.3) is 11.9 Å². The number of aryl methyl sites for hydroxylation is 1. The van der Waals surface area contributed by atoms with Gasteiger partial charge in [-0.3, -0.25) is 9.48 Å². The predicted octanol–water partition coefficient (Wildman–Crippen LogP) is 1.99. The molecule has 0 unspecified atom stereocenters. The van der Waals surface area contributed by atoms with Crippen molar-refractivity contribution in [3.8, 4) is 0 Å². The van der Waals surface area contributed by atoms with Gasteiger partial charge in [0, 0.05) is 26.2 Å². The number of amides is 1. The molecule has 0 bridgehead atoms. The summed E-state index contributed by atoms with van der Waals surface area (Å²) in [5.74, 6) is 0.602. The van der Waals surface area contributed by atoms with Crippen molar-refractivity contribution < 1.29 is 22.5 Å². The second kappa shape index (κ2) is 6.96. The van der Waals surface area contributed by atoms with Crippen molar-refractivity contribution in [2.75, 3.05) is 18.0 Å². The number of piperidine rings is 1. The molecule has 0 spiro atoms. The molecule has 8 nitrogen and oxygen atoms in total. The van der Waals surface area contributed by atoms with E-state index in [2.05, 4.69) is 27.5 Å². The molecule has 26 heavy (non-hydrogen) atoms. The zero-order valence-electron chi connectivity index (χ0n) is 14.4. The van der Waals surface area contributed by atoms with Gasteiger partial charge in [-0.25, -0.2) is 0 Å². The smallest absolute Gasteiger partial charge is 0.342 e. The van der Waals surface area contributed by atoms with Crippen molar-refractivity contribution in [1.29, 1.82) is 0 Å². The first-order chi connectivity index (χ1) is 12.2. The number of hydrogen-bond donors (Lipinski definition) is 1. The van der Waals surface area contributed by atoms with Gasteiger partial charge < -0.3 is 14.7 Å². The van der Waals surface area contributed by atoms with Gasteiger partial charge in [-0.2, -0.15) is 23.3 Å². The Balaban J connectivity index is 1.59. The molecule has 1 aliphatic rings. The minimum absolute atomic E-state index is 0.0807. The van der Waals surface area contributed by atoms with Crippen molar-refractivity contribution in [3.05, 3.63) is 23.3 Å². The number of anilines is 1. The first-order valence-electron chi connectivity index (χ1n) is 8.21. The van der Waals surface area contributed by atoms with E-state index in [1.54, 1.807) is 0 Å². The van der Waals surface area contributed by atoms with Crippen LogP contribution in [0.15, 0.2) is 10.6 Å². The van der Waals surface area contributed by atoms with Gasteiger partial charge in [-0.05, 0) is 23.9 Å². The summed E-state index contributed by atoms with van der Waals surface area (Å²) >= 11 is 0. The van der Waals surface area contributed by atoms with Crippen molar-refractivity contribution in [3.63, 3.8) is 0 Å². The van der Waals surface area contributed by atoms with Gasteiger partial charge in [0.05, 0.1) is 6.54 Å². The molecule has 1 saturated heterocycles. The molecule has 3 rings (SSSR count). The van der Waals surface area contributed by atoms with Crippen molar-refractivity contribution in [1.82, 2.24) is 25.2 Å². The molecule has 2 aromatic heterocycles. The van der Waals surface area contributed by atoms with Crippen LogP contribution in [0.5, 0.6) is 0 Å². The molecule has 142 valence electrons. The van der Waals surface area contributed by atoms with E-state index in [0.29, 0.717) is 17.9 Å². The number of rotatable bonds is 4.